The topological polar surface area (TPSA) is 79.5 Å². The quantitative estimate of drug-likeness (QED) is 0.906. The van der Waals surface area contributed by atoms with Crippen molar-refractivity contribution in [1.82, 2.24) is 4.57 Å². The SMILES string of the molecule is O=C(O)c1cn(Cc2ccc(Br)cc2)cc(O)c1=O. The van der Waals surface area contributed by atoms with Crippen LogP contribution in [0.15, 0.2) is 45.9 Å². The summed E-state index contributed by atoms with van der Waals surface area (Å²) in [5.74, 6) is -1.93. The van der Waals surface area contributed by atoms with Crippen LogP contribution in [0, 0.1) is 0 Å². The van der Waals surface area contributed by atoms with Gasteiger partial charge in [0.15, 0.2) is 5.75 Å². The molecule has 1 aromatic carbocycles. The first-order chi connectivity index (χ1) is 8.97. The van der Waals surface area contributed by atoms with Gasteiger partial charge >= 0.3 is 5.97 Å². The number of nitrogens with zero attached hydrogens (tertiary/aromatic N) is 1. The van der Waals surface area contributed by atoms with E-state index in [0.717, 1.165) is 10.0 Å². The molecule has 0 spiro atoms. The lowest BCUT2D eigenvalue weighted by Gasteiger charge is -2.08. The molecule has 0 aliphatic rings. The molecular formula is C13H10BrNO4. The van der Waals surface area contributed by atoms with E-state index in [1.165, 1.54) is 17.0 Å². The van der Waals surface area contributed by atoms with E-state index in [2.05, 4.69) is 15.9 Å². The molecule has 5 nitrogen and oxygen atoms in total. The monoisotopic (exact) mass is 323 g/mol. The lowest BCUT2D eigenvalue weighted by Crippen LogP contribution is -2.17. The van der Waals surface area contributed by atoms with Gasteiger partial charge in [-0.25, -0.2) is 4.79 Å². The number of carboxylic acids is 1. The molecule has 0 radical (unpaired) electrons. The molecule has 0 unspecified atom stereocenters. The van der Waals surface area contributed by atoms with E-state index < -0.39 is 22.7 Å². The van der Waals surface area contributed by atoms with E-state index in [-0.39, 0.29) is 0 Å². The summed E-state index contributed by atoms with van der Waals surface area (Å²) in [5, 5.41) is 18.3. The number of rotatable bonds is 3. The molecule has 2 N–H and O–H groups in total. The van der Waals surface area contributed by atoms with Gasteiger partial charge in [0.2, 0.25) is 5.43 Å². The number of hydrogen-bond acceptors (Lipinski definition) is 3. The summed E-state index contributed by atoms with van der Waals surface area (Å²) in [6, 6.07) is 7.44. The van der Waals surface area contributed by atoms with Crippen molar-refractivity contribution < 1.29 is 15.0 Å². The molecule has 1 heterocycles. The highest BCUT2D eigenvalue weighted by atomic mass is 79.9. The Kier molecular flexibility index (Phi) is 3.71. The van der Waals surface area contributed by atoms with Crippen LogP contribution in [0.4, 0.5) is 0 Å². The maximum Gasteiger partial charge on any atom is 0.341 e. The van der Waals surface area contributed by atoms with Crippen molar-refractivity contribution in [2.75, 3.05) is 0 Å². The first-order valence-corrected chi connectivity index (χ1v) is 6.17. The zero-order chi connectivity index (χ0) is 14.0. The van der Waals surface area contributed by atoms with Gasteiger partial charge < -0.3 is 14.8 Å². The molecule has 0 saturated carbocycles. The van der Waals surface area contributed by atoms with Crippen LogP contribution in [0.5, 0.6) is 5.75 Å². The van der Waals surface area contributed by atoms with Crippen LogP contribution in [0.25, 0.3) is 0 Å². The fourth-order valence-electron chi connectivity index (χ4n) is 1.66. The maximum atomic E-state index is 11.4. The van der Waals surface area contributed by atoms with Crippen LogP contribution < -0.4 is 5.43 Å². The van der Waals surface area contributed by atoms with Gasteiger partial charge in [0.1, 0.15) is 5.56 Å². The zero-order valence-corrected chi connectivity index (χ0v) is 11.3. The Balaban J connectivity index is 2.38. The van der Waals surface area contributed by atoms with E-state index in [1.807, 2.05) is 24.3 Å². The first-order valence-electron chi connectivity index (χ1n) is 5.38. The number of aromatic nitrogens is 1. The third-order valence-corrected chi connectivity index (χ3v) is 3.10. The molecule has 2 aromatic rings. The third kappa shape index (κ3) is 3.03. The van der Waals surface area contributed by atoms with E-state index in [9.17, 15) is 14.7 Å². The van der Waals surface area contributed by atoms with Crippen LogP contribution in [0.1, 0.15) is 15.9 Å². The van der Waals surface area contributed by atoms with Crippen molar-refractivity contribution >= 4 is 21.9 Å². The summed E-state index contributed by atoms with van der Waals surface area (Å²) in [5.41, 5.74) is -0.403. The standard InChI is InChI=1S/C13H10BrNO4/c14-9-3-1-8(2-4-9)5-15-6-10(13(18)19)12(17)11(16)7-15/h1-4,6-7,16H,5H2,(H,18,19). The van der Waals surface area contributed by atoms with Crippen LogP contribution in [0.3, 0.4) is 0 Å². The van der Waals surface area contributed by atoms with Gasteiger partial charge in [0.25, 0.3) is 0 Å². The predicted octanol–water partition coefficient (Wildman–Crippen LogP) is 2.06. The summed E-state index contributed by atoms with van der Waals surface area (Å²) in [7, 11) is 0. The minimum Gasteiger partial charge on any atom is -0.503 e. The highest BCUT2D eigenvalue weighted by molar-refractivity contribution is 9.10. The Morgan fingerprint density at radius 2 is 1.84 bits per heavy atom. The number of hydrogen-bond donors (Lipinski definition) is 2. The highest BCUT2D eigenvalue weighted by Gasteiger charge is 2.13. The normalized spacial score (nSPS) is 10.4. The van der Waals surface area contributed by atoms with Gasteiger partial charge in [-0.05, 0) is 17.7 Å². The summed E-state index contributed by atoms with van der Waals surface area (Å²) in [6.07, 6.45) is 2.43. The number of aromatic carboxylic acids is 1. The predicted molar refractivity (Wildman–Crippen MR) is 72.6 cm³/mol. The van der Waals surface area contributed by atoms with Gasteiger partial charge in [-0.2, -0.15) is 0 Å². The van der Waals surface area contributed by atoms with Gasteiger partial charge in [0.05, 0.1) is 6.20 Å². The van der Waals surface area contributed by atoms with Gasteiger partial charge in [-0.3, -0.25) is 4.79 Å². The molecule has 1 aromatic heterocycles. The number of carbonyl (C=O) groups is 1. The third-order valence-electron chi connectivity index (χ3n) is 2.57. The Labute approximate surface area is 116 Å². The molecular weight excluding hydrogens is 314 g/mol. The van der Waals surface area contributed by atoms with E-state index in [0.29, 0.717) is 6.54 Å². The summed E-state index contributed by atoms with van der Waals surface area (Å²) >= 11 is 3.32. The molecule has 6 heteroatoms. The molecule has 0 atom stereocenters. The number of carboxylic acid groups (broad SMARTS) is 1. The van der Waals surface area contributed by atoms with Crippen LogP contribution in [0.2, 0.25) is 0 Å². The fraction of sp³-hybridized carbons (Fsp3) is 0.0769. The molecule has 98 valence electrons. The van der Waals surface area contributed by atoms with Crippen molar-refractivity contribution in [3.8, 4) is 5.75 Å². The van der Waals surface area contributed by atoms with E-state index >= 15 is 0 Å². The van der Waals surface area contributed by atoms with Crippen molar-refractivity contribution in [2.24, 2.45) is 0 Å². The molecule has 0 bridgehead atoms. The van der Waals surface area contributed by atoms with E-state index in [1.54, 1.807) is 0 Å². The summed E-state index contributed by atoms with van der Waals surface area (Å²) in [6.45, 7) is 0.362. The average molecular weight is 324 g/mol. The number of pyridine rings is 1. The maximum absolute atomic E-state index is 11.4. The molecule has 0 aliphatic heterocycles. The lowest BCUT2D eigenvalue weighted by molar-refractivity contribution is 0.0694. The second-order valence-electron chi connectivity index (χ2n) is 3.99. The highest BCUT2D eigenvalue weighted by Crippen LogP contribution is 2.12. The first kappa shape index (κ1) is 13.4. The Morgan fingerprint density at radius 3 is 2.42 bits per heavy atom. The number of halogens is 1. The Hall–Kier alpha value is -2.08. The summed E-state index contributed by atoms with van der Waals surface area (Å²) < 4.78 is 2.40. The molecule has 0 aliphatic carbocycles. The molecule has 2 rings (SSSR count). The minimum absolute atomic E-state index is 0.362. The smallest absolute Gasteiger partial charge is 0.341 e. The van der Waals surface area contributed by atoms with Crippen LogP contribution in [-0.2, 0) is 6.54 Å². The zero-order valence-electron chi connectivity index (χ0n) is 9.71. The summed E-state index contributed by atoms with van der Waals surface area (Å²) in [4.78, 5) is 22.3. The lowest BCUT2D eigenvalue weighted by atomic mass is 10.2. The molecule has 19 heavy (non-hydrogen) atoms. The van der Waals surface area contributed by atoms with Gasteiger partial charge in [-0.1, -0.05) is 28.1 Å². The number of benzene rings is 1. The second-order valence-corrected chi connectivity index (χ2v) is 4.91. The van der Waals surface area contributed by atoms with Crippen molar-refractivity contribution in [1.29, 1.82) is 0 Å². The second kappa shape index (κ2) is 5.27. The molecule has 0 fully saturated rings. The fourth-order valence-corrected chi connectivity index (χ4v) is 1.92. The van der Waals surface area contributed by atoms with Gasteiger partial charge in [-0.15, -0.1) is 0 Å². The largest absolute Gasteiger partial charge is 0.503 e. The Morgan fingerprint density at radius 1 is 1.21 bits per heavy atom. The average Bonchev–Trinajstić information content (AvgIpc) is 2.36. The molecule has 0 saturated heterocycles. The minimum atomic E-state index is -1.36. The van der Waals surface area contributed by atoms with Crippen LogP contribution in [-0.4, -0.2) is 20.7 Å². The van der Waals surface area contributed by atoms with Crippen molar-refractivity contribution in [3.05, 3.63) is 62.5 Å². The van der Waals surface area contributed by atoms with Crippen molar-refractivity contribution in [2.45, 2.75) is 6.54 Å². The number of aromatic hydroxyl groups is 1. The van der Waals surface area contributed by atoms with E-state index in [4.69, 9.17) is 5.11 Å². The van der Waals surface area contributed by atoms with Gasteiger partial charge in [0, 0.05) is 17.2 Å². The molecule has 0 amide bonds. The van der Waals surface area contributed by atoms with Crippen molar-refractivity contribution in [3.63, 3.8) is 0 Å². The Bertz CT molecular complexity index is 676. The van der Waals surface area contributed by atoms with Crippen LogP contribution >= 0.6 is 15.9 Å².